The Balaban J connectivity index is 2.20. The van der Waals surface area contributed by atoms with Gasteiger partial charge in [0.1, 0.15) is 4.90 Å². The van der Waals surface area contributed by atoms with Gasteiger partial charge in [-0.3, -0.25) is 5.43 Å². The fourth-order valence-electron chi connectivity index (χ4n) is 2.15. The Morgan fingerprint density at radius 1 is 1.35 bits per heavy atom. The first-order valence-electron chi connectivity index (χ1n) is 6.36. The van der Waals surface area contributed by atoms with Gasteiger partial charge in [0.05, 0.1) is 18.0 Å². The number of anilines is 1. The topological polar surface area (TPSA) is 121 Å². The van der Waals surface area contributed by atoms with Gasteiger partial charge < -0.3 is 5.11 Å². The third kappa shape index (κ3) is 3.23. The average molecular weight is 301 g/mol. The van der Waals surface area contributed by atoms with Gasteiger partial charge in [-0.1, -0.05) is 0 Å². The van der Waals surface area contributed by atoms with Gasteiger partial charge in [-0.25, -0.2) is 24.2 Å². The molecule has 20 heavy (non-hydrogen) atoms. The number of hydrazine groups is 1. The summed E-state index contributed by atoms with van der Waals surface area (Å²) in [6.45, 7) is 2.40. The number of rotatable bonds is 3. The fraction of sp³-hybridized carbons (Fsp3) is 0.636. The third-order valence-corrected chi connectivity index (χ3v) is 5.27. The van der Waals surface area contributed by atoms with E-state index in [9.17, 15) is 13.5 Å². The number of nitrogens with one attached hydrogen (secondary N) is 1. The van der Waals surface area contributed by atoms with Gasteiger partial charge in [-0.05, 0) is 26.2 Å². The summed E-state index contributed by atoms with van der Waals surface area (Å²) >= 11 is 0. The molecule has 1 atom stereocenters. The maximum atomic E-state index is 12.5. The van der Waals surface area contributed by atoms with Crippen molar-refractivity contribution in [1.29, 1.82) is 0 Å². The third-order valence-electron chi connectivity index (χ3n) is 3.42. The summed E-state index contributed by atoms with van der Waals surface area (Å²) in [7, 11) is -3.63. The first-order valence-corrected chi connectivity index (χ1v) is 7.80. The minimum atomic E-state index is -3.63. The lowest BCUT2D eigenvalue weighted by Crippen LogP contribution is -2.33. The molecule has 0 radical (unpaired) electrons. The molecule has 1 aromatic heterocycles. The van der Waals surface area contributed by atoms with Crippen molar-refractivity contribution in [1.82, 2.24) is 14.3 Å². The molecule has 1 saturated heterocycles. The fourth-order valence-corrected chi connectivity index (χ4v) is 3.52. The molecule has 0 aromatic carbocycles. The molecule has 1 aromatic rings. The molecule has 9 heteroatoms. The van der Waals surface area contributed by atoms with E-state index in [2.05, 4.69) is 15.4 Å². The smallest absolute Gasteiger partial charge is 0.246 e. The molecule has 2 heterocycles. The highest BCUT2D eigenvalue weighted by Crippen LogP contribution is 2.25. The van der Waals surface area contributed by atoms with Crippen LogP contribution in [0.1, 0.15) is 26.2 Å². The highest BCUT2D eigenvalue weighted by Gasteiger charge is 2.31. The molecule has 0 bridgehead atoms. The Labute approximate surface area is 118 Å². The number of nitrogens with two attached hydrogens (primary N) is 1. The predicted octanol–water partition coefficient (Wildman–Crippen LogP) is -0.312. The van der Waals surface area contributed by atoms with Crippen molar-refractivity contribution in [2.45, 2.75) is 36.7 Å². The van der Waals surface area contributed by atoms with Crippen LogP contribution in [-0.2, 0) is 10.0 Å². The second kappa shape index (κ2) is 5.60. The Morgan fingerprint density at radius 3 is 2.60 bits per heavy atom. The van der Waals surface area contributed by atoms with E-state index in [1.54, 1.807) is 6.92 Å². The lowest BCUT2D eigenvalue weighted by atomic mass is 9.98. The highest BCUT2D eigenvalue weighted by atomic mass is 32.2. The Kier molecular flexibility index (Phi) is 4.23. The Morgan fingerprint density at radius 2 is 2.00 bits per heavy atom. The zero-order chi connectivity index (χ0) is 14.8. The summed E-state index contributed by atoms with van der Waals surface area (Å²) in [5, 5.41) is 10.0. The summed E-state index contributed by atoms with van der Waals surface area (Å²) in [6, 6.07) is 0. The molecule has 1 aliphatic heterocycles. The molecule has 4 N–H and O–H groups in total. The zero-order valence-corrected chi connectivity index (χ0v) is 12.1. The van der Waals surface area contributed by atoms with Gasteiger partial charge in [0.25, 0.3) is 0 Å². The van der Waals surface area contributed by atoms with Gasteiger partial charge in [-0.15, -0.1) is 0 Å². The van der Waals surface area contributed by atoms with E-state index in [0.29, 0.717) is 25.8 Å². The van der Waals surface area contributed by atoms with E-state index in [1.165, 1.54) is 16.7 Å². The second-order valence-electron chi connectivity index (χ2n) is 5.14. The zero-order valence-electron chi connectivity index (χ0n) is 11.3. The monoisotopic (exact) mass is 301 g/mol. The Bertz CT molecular complexity index is 558. The van der Waals surface area contributed by atoms with Crippen LogP contribution in [0.4, 0.5) is 5.95 Å². The van der Waals surface area contributed by atoms with Gasteiger partial charge in [0.15, 0.2) is 0 Å². The summed E-state index contributed by atoms with van der Waals surface area (Å²) < 4.78 is 26.3. The van der Waals surface area contributed by atoms with Gasteiger partial charge in [0, 0.05) is 13.1 Å². The minimum absolute atomic E-state index is 0.0260. The summed E-state index contributed by atoms with van der Waals surface area (Å²) in [5.74, 6) is 5.29. The molecular formula is C11H19N5O3S. The van der Waals surface area contributed by atoms with Crippen LogP contribution >= 0.6 is 0 Å². The largest absolute Gasteiger partial charge is 0.390 e. The lowest BCUT2D eigenvalue weighted by Gasteiger charge is -2.22. The SMILES string of the molecule is CC1(O)CCCN(S(=O)(=O)c2cnc(NN)nc2)CC1. The minimum Gasteiger partial charge on any atom is -0.390 e. The van der Waals surface area contributed by atoms with E-state index in [1.807, 2.05) is 0 Å². The highest BCUT2D eigenvalue weighted by molar-refractivity contribution is 7.89. The van der Waals surface area contributed by atoms with Crippen molar-refractivity contribution in [2.75, 3.05) is 18.5 Å². The maximum Gasteiger partial charge on any atom is 0.246 e. The van der Waals surface area contributed by atoms with Crippen LogP contribution in [0.2, 0.25) is 0 Å². The molecule has 112 valence electrons. The predicted molar refractivity (Wildman–Crippen MR) is 73.1 cm³/mol. The normalized spacial score (nSPS) is 25.1. The van der Waals surface area contributed by atoms with Crippen molar-refractivity contribution >= 4 is 16.0 Å². The van der Waals surface area contributed by atoms with Crippen LogP contribution in [0, 0.1) is 0 Å². The average Bonchev–Trinajstić information content (AvgIpc) is 2.60. The number of hydrogen-bond acceptors (Lipinski definition) is 7. The number of nitrogen functional groups attached to an aromatic ring is 1. The number of hydrogen-bond donors (Lipinski definition) is 3. The van der Waals surface area contributed by atoms with E-state index in [-0.39, 0.29) is 17.4 Å². The number of aliphatic hydroxyl groups is 1. The number of sulfonamides is 1. The molecule has 8 nitrogen and oxygen atoms in total. The molecule has 0 aliphatic carbocycles. The Hall–Kier alpha value is -1.29. The molecule has 2 rings (SSSR count). The van der Waals surface area contributed by atoms with Crippen molar-refractivity contribution in [2.24, 2.45) is 5.84 Å². The van der Waals surface area contributed by atoms with Crippen LogP contribution in [0.25, 0.3) is 0 Å². The molecule has 1 unspecified atom stereocenters. The van der Waals surface area contributed by atoms with E-state index in [0.717, 1.165) is 0 Å². The van der Waals surface area contributed by atoms with Crippen LogP contribution < -0.4 is 11.3 Å². The molecule has 1 fully saturated rings. The van der Waals surface area contributed by atoms with Crippen molar-refractivity contribution in [3.05, 3.63) is 12.4 Å². The molecule has 1 aliphatic rings. The van der Waals surface area contributed by atoms with E-state index >= 15 is 0 Å². The first-order chi connectivity index (χ1) is 9.35. The van der Waals surface area contributed by atoms with E-state index in [4.69, 9.17) is 5.84 Å². The second-order valence-corrected chi connectivity index (χ2v) is 7.08. The van der Waals surface area contributed by atoms with Crippen LogP contribution in [0.3, 0.4) is 0 Å². The molecule has 0 saturated carbocycles. The summed E-state index contributed by atoms with van der Waals surface area (Å²) in [5.41, 5.74) is 1.43. The van der Waals surface area contributed by atoms with Crippen molar-refractivity contribution in [3.8, 4) is 0 Å². The van der Waals surface area contributed by atoms with Crippen LogP contribution in [0.5, 0.6) is 0 Å². The first kappa shape index (κ1) is 15.1. The number of aromatic nitrogens is 2. The van der Waals surface area contributed by atoms with Gasteiger partial charge in [0.2, 0.25) is 16.0 Å². The van der Waals surface area contributed by atoms with Crippen LogP contribution in [-0.4, -0.2) is 46.5 Å². The molecule has 0 amide bonds. The van der Waals surface area contributed by atoms with Crippen LogP contribution in [0.15, 0.2) is 17.3 Å². The summed E-state index contributed by atoms with van der Waals surface area (Å²) in [6.07, 6.45) is 4.07. The van der Waals surface area contributed by atoms with E-state index < -0.39 is 15.6 Å². The molecular weight excluding hydrogens is 282 g/mol. The van der Waals surface area contributed by atoms with Gasteiger partial charge in [-0.2, -0.15) is 4.31 Å². The maximum absolute atomic E-state index is 12.5. The molecule has 0 spiro atoms. The van der Waals surface area contributed by atoms with Crippen molar-refractivity contribution < 1.29 is 13.5 Å². The lowest BCUT2D eigenvalue weighted by molar-refractivity contribution is 0.0465. The standard InChI is InChI=1S/C11H19N5O3S/c1-11(17)3-2-5-16(6-4-11)20(18,19)9-7-13-10(15-12)14-8-9/h7-8,17H,2-6,12H2,1H3,(H,13,14,15). The van der Waals surface area contributed by atoms with Crippen molar-refractivity contribution in [3.63, 3.8) is 0 Å². The number of nitrogens with zero attached hydrogens (tertiary/aromatic N) is 3. The summed E-state index contributed by atoms with van der Waals surface area (Å²) in [4.78, 5) is 7.64. The van der Waals surface area contributed by atoms with Gasteiger partial charge >= 0.3 is 0 Å². The quantitative estimate of drug-likeness (QED) is 0.517.